The average Bonchev–Trinajstić information content (AvgIpc) is 2.27. The minimum Gasteiger partial charge on any atom is -0.478 e. The highest BCUT2D eigenvalue weighted by molar-refractivity contribution is 6.38. The Labute approximate surface area is 111 Å². The molecule has 0 saturated carbocycles. The molecule has 2 aromatic rings. The van der Waals surface area contributed by atoms with Crippen molar-refractivity contribution in [2.75, 3.05) is 0 Å². The summed E-state index contributed by atoms with van der Waals surface area (Å²) in [7, 11) is 0. The van der Waals surface area contributed by atoms with Gasteiger partial charge in [-0.2, -0.15) is 0 Å². The Kier molecular flexibility index (Phi) is 3.11. The van der Waals surface area contributed by atoms with Crippen LogP contribution in [0.2, 0.25) is 10.0 Å². The van der Waals surface area contributed by atoms with E-state index in [1.807, 2.05) is 0 Å². The number of carbonyl (C=O) groups is 2. The lowest BCUT2D eigenvalue weighted by molar-refractivity contribution is 0.0699. The minimum atomic E-state index is -1.22. The van der Waals surface area contributed by atoms with E-state index in [4.69, 9.17) is 34.0 Å². The molecule has 7 heteroatoms. The summed E-state index contributed by atoms with van der Waals surface area (Å²) in [6, 6.07) is 3.93. The number of aromatic carboxylic acids is 1. The van der Waals surface area contributed by atoms with Crippen LogP contribution in [0.1, 0.15) is 20.8 Å². The summed E-state index contributed by atoms with van der Waals surface area (Å²) in [4.78, 5) is 26.2. The summed E-state index contributed by atoms with van der Waals surface area (Å²) in [6.07, 6.45) is 0. The maximum absolute atomic E-state index is 11.1. The molecule has 0 aliphatic heterocycles. The molecule has 92 valence electrons. The van der Waals surface area contributed by atoms with Crippen LogP contribution >= 0.6 is 23.2 Å². The molecule has 1 aromatic heterocycles. The van der Waals surface area contributed by atoms with E-state index in [1.165, 1.54) is 12.1 Å². The van der Waals surface area contributed by atoms with Crippen molar-refractivity contribution in [3.8, 4) is 0 Å². The summed E-state index contributed by atoms with van der Waals surface area (Å²) >= 11 is 11.7. The number of nitrogens with two attached hydrogens (primary N) is 1. The van der Waals surface area contributed by atoms with Crippen molar-refractivity contribution in [3.63, 3.8) is 0 Å². The predicted molar refractivity (Wildman–Crippen MR) is 67.2 cm³/mol. The van der Waals surface area contributed by atoms with E-state index < -0.39 is 11.9 Å². The number of carboxylic acids is 1. The van der Waals surface area contributed by atoms with E-state index in [2.05, 4.69) is 4.98 Å². The maximum atomic E-state index is 11.1. The molecule has 1 aromatic carbocycles. The molecule has 0 radical (unpaired) electrons. The van der Waals surface area contributed by atoms with Gasteiger partial charge in [-0.15, -0.1) is 0 Å². The van der Waals surface area contributed by atoms with Crippen LogP contribution in [0, 0.1) is 0 Å². The molecule has 0 unspecified atom stereocenters. The lowest BCUT2D eigenvalue weighted by Crippen LogP contribution is -2.14. The molecule has 3 N–H and O–H groups in total. The number of rotatable bonds is 2. The summed E-state index contributed by atoms with van der Waals surface area (Å²) in [5, 5.41) is 9.80. The van der Waals surface area contributed by atoms with Gasteiger partial charge in [0.2, 0.25) is 0 Å². The van der Waals surface area contributed by atoms with E-state index in [-0.39, 0.29) is 32.2 Å². The van der Waals surface area contributed by atoms with E-state index in [9.17, 15) is 9.59 Å². The zero-order chi connectivity index (χ0) is 13.4. The topological polar surface area (TPSA) is 93.3 Å². The monoisotopic (exact) mass is 284 g/mol. The number of halogens is 2. The first kappa shape index (κ1) is 12.6. The molecule has 1 amide bonds. The number of benzene rings is 1. The molecule has 1 heterocycles. The Morgan fingerprint density at radius 3 is 2.44 bits per heavy atom. The van der Waals surface area contributed by atoms with Gasteiger partial charge in [0.1, 0.15) is 5.69 Å². The van der Waals surface area contributed by atoms with Gasteiger partial charge in [-0.25, -0.2) is 9.78 Å². The van der Waals surface area contributed by atoms with Crippen molar-refractivity contribution in [3.05, 3.63) is 39.5 Å². The fourth-order valence-electron chi connectivity index (χ4n) is 1.56. The zero-order valence-electron chi connectivity index (χ0n) is 8.78. The van der Waals surface area contributed by atoms with Crippen molar-refractivity contribution < 1.29 is 14.7 Å². The predicted octanol–water partition coefficient (Wildman–Crippen LogP) is 2.34. The number of amides is 1. The summed E-state index contributed by atoms with van der Waals surface area (Å²) in [5.41, 5.74) is 4.98. The van der Waals surface area contributed by atoms with Gasteiger partial charge in [-0.1, -0.05) is 23.2 Å². The Bertz CT molecular complexity index is 686. The van der Waals surface area contributed by atoms with Gasteiger partial charge in [0, 0.05) is 10.4 Å². The number of primary amides is 1. The van der Waals surface area contributed by atoms with Gasteiger partial charge >= 0.3 is 5.97 Å². The van der Waals surface area contributed by atoms with Crippen molar-refractivity contribution in [2.45, 2.75) is 0 Å². The third-order valence-electron chi connectivity index (χ3n) is 2.31. The van der Waals surface area contributed by atoms with Crippen molar-refractivity contribution in [1.29, 1.82) is 0 Å². The molecule has 0 atom stereocenters. The number of carbonyl (C=O) groups excluding carboxylic acids is 1. The molecular formula is C11H6Cl2N2O3. The highest BCUT2D eigenvalue weighted by Crippen LogP contribution is 2.29. The Balaban J connectivity index is 2.94. The van der Waals surface area contributed by atoms with Crippen LogP contribution in [0.5, 0.6) is 0 Å². The third kappa shape index (κ3) is 2.10. The highest BCUT2D eigenvalue weighted by atomic mass is 35.5. The number of pyridine rings is 1. The smallest absolute Gasteiger partial charge is 0.336 e. The quantitative estimate of drug-likeness (QED) is 0.885. The number of hydrogen-bond acceptors (Lipinski definition) is 3. The van der Waals surface area contributed by atoms with Gasteiger partial charge in [0.15, 0.2) is 0 Å². The van der Waals surface area contributed by atoms with Crippen LogP contribution in [-0.2, 0) is 0 Å². The first-order chi connectivity index (χ1) is 8.40. The molecule has 0 bridgehead atoms. The number of carboxylic acid groups (broad SMARTS) is 1. The second kappa shape index (κ2) is 4.44. The number of fused-ring (bicyclic) bond motifs is 1. The van der Waals surface area contributed by atoms with E-state index in [0.717, 1.165) is 6.07 Å². The number of nitrogens with zero attached hydrogens (tertiary/aromatic N) is 1. The largest absolute Gasteiger partial charge is 0.478 e. The summed E-state index contributed by atoms with van der Waals surface area (Å²) < 4.78 is 0. The molecular weight excluding hydrogens is 279 g/mol. The first-order valence-electron chi connectivity index (χ1n) is 4.73. The second-order valence-electron chi connectivity index (χ2n) is 3.51. The third-order valence-corrected chi connectivity index (χ3v) is 2.82. The van der Waals surface area contributed by atoms with E-state index >= 15 is 0 Å². The molecule has 0 aliphatic rings. The summed E-state index contributed by atoms with van der Waals surface area (Å²) in [5.74, 6) is -2.05. The average molecular weight is 285 g/mol. The van der Waals surface area contributed by atoms with Gasteiger partial charge < -0.3 is 10.8 Å². The van der Waals surface area contributed by atoms with E-state index in [1.54, 1.807) is 0 Å². The van der Waals surface area contributed by atoms with Crippen LogP contribution in [0.15, 0.2) is 18.2 Å². The van der Waals surface area contributed by atoms with Gasteiger partial charge in [0.25, 0.3) is 5.91 Å². The van der Waals surface area contributed by atoms with Crippen LogP contribution in [0.3, 0.4) is 0 Å². The molecule has 5 nitrogen and oxygen atoms in total. The van der Waals surface area contributed by atoms with Gasteiger partial charge in [0.05, 0.1) is 16.1 Å². The summed E-state index contributed by atoms with van der Waals surface area (Å²) in [6.45, 7) is 0. The normalized spacial score (nSPS) is 10.6. The lowest BCUT2D eigenvalue weighted by Gasteiger charge is -2.06. The molecule has 0 saturated heterocycles. The standard InChI is InChI=1S/C11H6Cl2N2O3/c12-4-1-5-6(11(17)18)3-8(10(14)16)15-9(5)7(13)2-4/h1-3H,(H2,14,16)(H,17,18). The van der Waals surface area contributed by atoms with Gasteiger partial charge in [-0.3, -0.25) is 4.79 Å². The second-order valence-corrected chi connectivity index (χ2v) is 4.35. The van der Waals surface area contributed by atoms with Crippen LogP contribution < -0.4 is 5.73 Å². The van der Waals surface area contributed by atoms with Crippen molar-refractivity contribution in [2.24, 2.45) is 5.73 Å². The van der Waals surface area contributed by atoms with Crippen LogP contribution in [-0.4, -0.2) is 22.0 Å². The molecule has 2 rings (SSSR count). The number of hydrogen-bond donors (Lipinski definition) is 2. The van der Waals surface area contributed by atoms with Crippen LogP contribution in [0.4, 0.5) is 0 Å². The Morgan fingerprint density at radius 1 is 1.22 bits per heavy atom. The van der Waals surface area contributed by atoms with Crippen molar-refractivity contribution in [1.82, 2.24) is 4.98 Å². The fourth-order valence-corrected chi connectivity index (χ4v) is 2.09. The molecule has 18 heavy (non-hydrogen) atoms. The lowest BCUT2D eigenvalue weighted by atomic mass is 10.1. The Morgan fingerprint density at radius 2 is 1.89 bits per heavy atom. The molecule has 0 spiro atoms. The van der Waals surface area contributed by atoms with E-state index in [0.29, 0.717) is 0 Å². The van der Waals surface area contributed by atoms with Crippen LogP contribution in [0.25, 0.3) is 10.9 Å². The van der Waals surface area contributed by atoms with Crippen molar-refractivity contribution >= 4 is 46.0 Å². The molecule has 0 fully saturated rings. The zero-order valence-corrected chi connectivity index (χ0v) is 10.3. The Hall–Kier alpha value is -1.85. The number of aromatic nitrogens is 1. The van der Waals surface area contributed by atoms with Gasteiger partial charge in [-0.05, 0) is 18.2 Å². The fraction of sp³-hybridized carbons (Fsp3) is 0. The first-order valence-corrected chi connectivity index (χ1v) is 5.48. The minimum absolute atomic E-state index is 0.127. The molecule has 0 aliphatic carbocycles. The maximum Gasteiger partial charge on any atom is 0.336 e. The highest BCUT2D eigenvalue weighted by Gasteiger charge is 2.16. The SMILES string of the molecule is NC(=O)c1cc(C(=O)O)c2cc(Cl)cc(Cl)c2n1.